The van der Waals surface area contributed by atoms with Gasteiger partial charge in [-0.25, -0.2) is 9.97 Å². The number of benzene rings is 1. The van der Waals surface area contributed by atoms with Crippen molar-refractivity contribution in [2.75, 3.05) is 9.80 Å². The lowest BCUT2D eigenvalue weighted by atomic mass is 10.1. The summed E-state index contributed by atoms with van der Waals surface area (Å²) in [5.74, 6) is 0.848. The minimum Gasteiger partial charge on any atom is -0.435 e. The molecule has 28 heavy (non-hydrogen) atoms. The molecule has 5 nitrogen and oxygen atoms in total. The van der Waals surface area contributed by atoms with Crippen LogP contribution >= 0.6 is 0 Å². The summed E-state index contributed by atoms with van der Waals surface area (Å²) in [7, 11) is 0. The third-order valence-electron chi connectivity index (χ3n) is 5.55. The monoisotopic (exact) mass is 373 g/mol. The van der Waals surface area contributed by atoms with Gasteiger partial charge in [-0.05, 0) is 64.4 Å². The van der Waals surface area contributed by atoms with Crippen molar-refractivity contribution >= 4 is 39.3 Å². The zero-order valence-electron chi connectivity index (χ0n) is 17.8. The number of hydrogen-bond acceptors (Lipinski definition) is 5. The highest BCUT2D eigenvalue weighted by molar-refractivity contribution is 6.09. The minimum absolute atomic E-state index is 0.0837. The van der Waals surface area contributed by atoms with Gasteiger partial charge in [-0.3, -0.25) is 0 Å². The van der Waals surface area contributed by atoms with Crippen LogP contribution in [0.2, 0.25) is 0 Å². The minimum atomic E-state index is -0.791. The quantitative estimate of drug-likeness (QED) is 0.451. The van der Waals surface area contributed by atoms with Gasteiger partial charge in [-0.15, -0.1) is 0 Å². The van der Waals surface area contributed by atoms with Crippen molar-refractivity contribution in [2.45, 2.75) is 46.8 Å². The van der Waals surface area contributed by atoms with Crippen LogP contribution < -0.4 is 9.80 Å². The van der Waals surface area contributed by atoms with Gasteiger partial charge in [0, 0.05) is 28.7 Å². The van der Waals surface area contributed by atoms with E-state index < -0.39 is 6.02 Å². The smallest absolute Gasteiger partial charge is 0.227 e. The number of aryl methyl sites for hydroxylation is 2. The second kappa shape index (κ2) is 5.96. The number of rotatable bonds is 2. The highest BCUT2D eigenvalue weighted by Crippen LogP contribution is 2.47. The number of aromatic nitrogens is 2. The average Bonchev–Trinajstić information content (AvgIpc) is 3.15. The summed E-state index contributed by atoms with van der Waals surface area (Å²) < 4.78 is 15.0. The van der Waals surface area contributed by atoms with Crippen LogP contribution in [-0.2, 0) is 0 Å². The Morgan fingerprint density at radius 3 is 2.68 bits per heavy atom. The fraction of sp³-hybridized carbons (Fsp3) is 0.304. The molecule has 5 heteroatoms. The molecule has 0 saturated carbocycles. The second-order valence-corrected chi connectivity index (χ2v) is 7.68. The molecule has 0 radical (unpaired) electrons. The summed E-state index contributed by atoms with van der Waals surface area (Å²) in [6.45, 7) is 9.98. The number of hydrogen-bond donors (Lipinski definition) is 0. The first kappa shape index (κ1) is 15.9. The third kappa shape index (κ3) is 2.25. The molecular formula is C23H24N4O. The Labute approximate surface area is 166 Å². The van der Waals surface area contributed by atoms with E-state index in [2.05, 4.69) is 46.8 Å². The fourth-order valence-corrected chi connectivity index (χ4v) is 4.36. The van der Waals surface area contributed by atoms with Crippen molar-refractivity contribution in [1.82, 2.24) is 9.97 Å². The lowest BCUT2D eigenvalue weighted by Crippen LogP contribution is -2.42. The Morgan fingerprint density at radius 1 is 1.11 bits per heavy atom. The Balaban J connectivity index is 1.81. The number of nitrogens with zero attached hydrogens (tertiary/aromatic N) is 4. The summed E-state index contributed by atoms with van der Waals surface area (Å²) in [5, 5.41) is 2.05. The maximum atomic E-state index is 8.71. The van der Waals surface area contributed by atoms with E-state index in [1.54, 1.807) is 6.20 Å². The molecule has 0 fully saturated rings. The van der Waals surface area contributed by atoms with Crippen molar-refractivity contribution in [1.29, 1.82) is 0 Å². The zero-order valence-corrected chi connectivity index (χ0v) is 16.8. The van der Waals surface area contributed by atoms with Gasteiger partial charge >= 0.3 is 0 Å². The van der Waals surface area contributed by atoms with Gasteiger partial charge < -0.3 is 14.2 Å². The zero-order chi connectivity index (χ0) is 20.5. The van der Waals surface area contributed by atoms with Gasteiger partial charge in [0.1, 0.15) is 6.17 Å². The van der Waals surface area contributed by atoms with Crippen LogP contribution in [0.1, 0.15) is 33.4 Å². The van der Waals surface area contributed by atoms with Crippen LogP contribution in [0, 0.1) is 13.8 Å². The van der Waals surface area contributed by atoms with E-state index in [0.29, 0.717) is 5.71 Å². The molecule has 0 spiro atoms. The fourth-order valence-electron chi connectivity index (χ4n) is 4.36. The molecule has 4 aromatic rings. The Morgan fingerprint density at radius 2 is 1.89 bits per heavy atom. The number of furan rings is 1. The summed E-state index contributed by atoms with van der Waals surface area (Å²) in [4.78, 5) is 13.6. The van der Waals surface area contributed by atoms with Crippen LogP contribution in [0.4, 0.5) is 17.2 Å². The standard InChI is InChI=1S/C23H24N4O/c1-13(2)26-16(5)27(22-19(26)7-6-12-24-22)20-14(3)8-10-17-18-11-9-15(4)25-23(18)28-21(17)20/h6-13,16H,1-5H3/i13D. The van der Waals surface area contributed by atoms with E-state index in [1.807, 2.05) is 39.0 Å². The number of pyridine rings is 2. The molecule has 1 aliphatic rings. The van der Waals surface area contributed by atoms with Crippen LogP contribution in [-0.4, -0.2) is 22.2 Å². The van der Waals surface area contributed by atoms with E-state index in [1.165, 1.54) is 0 Å². The molecule has 0 bridgehead atoms. The number of anilines is 3. The molecule has 0 saturated heterocycles. The van der Waals surface area contributed by atoms with Crippen LogP contribution in [0.5, 0.6) is 0 Å². The maximum Gasteiger partial charge on any atom is 0.227 e. The maximum absolute atomic E-state index is 8.71. The van der Waals surface area contributed by atoms with Gasteiger partial charge in [0.25, 0.3) is 0 Å². The molecule has 0 aliphatic carbocycles. The third-order valence-corrected chi connectivity index (χ3v) is 5.55. The molecule has 4 heterocycles. The van der Waals surface area contributed by atoms with Crippen LogP contribution in [0.25, 0.3) is 22.1 Å². The van der Waals surface area contributed by atoms with Crippen LogP contribution in [0.3, 0.4) is 0 Å². The topological polar surface area (TPSA) is 45.4 Å². The first-order chi connectivity index (χ1) is 13.8. The average molecular weight is 373 g/mol. The molecule has 1 aliphatic heterocycles. The Kier molecular flexibility index (Phi) is 3.39. The van der Waals surface area contributed by atoms with E-state index >= 15 is 0 Å². The molecule has 0 amide bonds. The van der Waals surface area contributed by atoms with Crippen molar-refractivity contribution in [2.24, 2.45) is 0 Å². The van der Waals surface area contributed by atoms with Crippen LogP contribution in [0.15, 0.2) is 47.0 Å². The molecule has 1 aromatic carbocycles. The first-order valence-corrected chi connectivity index (χ1v) is 9.60. The lowest BCUT2D eigenvalue weighted by Gasteiger charge is -2.33. The predicted octanol–water partition coefficient (Wildman–Crippen LogP) is 5.71. The molecule has 1 unspecified atom stereocenters. The lowest BCUT2D eigenvalue weighted by molar-refractivity contribution is 0.601. The van der Waals surface area contributed by atoms with Gasteiger partial charge in [0.2, 0.25) is 5.71 Å². The highest BCUT2D eigenvalue weighted by Gasteiger charge is 2.38. The first-order valence-electron chi connectivity index (χ1n) is 10.1. The largest absolute Gasteiger partial charge is 0.435 e. The molecule has 142 valence electrons. The molecule has 5 rings (SSSR count). The normalized spacial score (nSPS) is 17.5. The highest BCUT2D eigenvalue weighted by atomic mass is 16.3. The summed E-state index contributed by atoms with van der Waals surface area (Å²) >= 11 is 0. The second-order valence-electron chi connectivity index (χ2n) is 7.68. The van der Waals surface area contributed by atoms with E-state index in [0.717, 1.165) is 44.8 Å². The molecule has 0 N–H and O–H groups in total. The summed E-state index contributed by atoms with van der Waals surface area (Å²) in [6.07, 6.45) is 1.72. The molecular weight excluding hydrogens is 348 g/mol. The van der Waals surface area contributed by atoms with Gasteiger partial charge in [0.15, 0.2) is 11.4 Å². The van der Waals surface area contributed by atoms with E-state index in [9.17, 15) is 0 Å². The molecule has 3 aromatic heterocycles. The van der Waals surface area contributed by atoms with Gasteiger partial charge in [-0.2, -0.15) is 0 Å². The predicted molar refractivity (Wildman–Crippen MR) is 114 cm³/mol. The summed E-state index contributed by atoms with van der Waals surface area (Å²) in [6, 6.07) is 11.5. The van der Waals surface area contributed by atoms with Gasteiger partial charge in [0.05, 0.1) is 12.7 Å². The Bertz CT molecular complexity index is 1260. The summed E-state index contributed by atoms with van der Waals surface area (Å²) in [5.41, 5.74) is 5.43. The van der Waals surface area contributed by atoms with Crippen molar-refractivity contribution in [3.63, 3.8) is 0 Å². The van der Waals surface area contributed by atoms with E-state index in [4.69, 9.17) is 10.8 Å². The van der Waals surface area contributed by atoms with Crippen molar-refractivity contribution in [3.05, 3.63) is 53.9 Å². The SMILES string of the molecule is [2H]C(C)(C)N1c2cccnc2N(c2c(C)ccc3c2oc2nc(C)ccc23)C1C. The van der Waals surface area contributed by atoms with E-state index in [-0.39, 0.29) is 6.17 Å². The number of fused-ring (bicyclic) bond motifs is 4. The molecule has 1 atom stereocenters. The van der Waals surface area contributed by atoms with Gasteiger partial charge in [-0.1, -0.05) is 12.1 Å². The van der Waals surface area contributed by atoms with Crippen molar-refractivity contribution in [3.8, 4) is 0 Å². The van der Waals surface area contributed by atoms with Crippen molar-refractivity contribution < 1.29 is 5.79 Å². The Hall–Kier alpha value is -3.08.